The first-order chi connectivity index (χ1) is 11.1. The number of benzene rings is 1. The van der Waals surface area contributed by atoms with Gasteiger partial charge in [-0.05, 0) is 25.3 Å². The van der Waals surface area contributed by atoms with Gasteiger partial charge in [-0.3, -0.25) is 0 Å². The van der Waals surface area contributed by atoms with Gasteiger partial charge < -0.3 is 15.2 Å². The average molecular weight is 442 g/mol. The van der Waals surface area contributed by atoms with E-state index in [0.717, 1.165) is 24.0 Å². The van der Waals surface area contributed by atoms with Crippen LogP contribution in [0, 0.1) is 6.92 Å². The van der Waals surface area contributed by atoms with Crippen molar-refractivity contribution in [3.05, 3.63) is 52.9 Å². The molecule has 1 heterocycles. The fraction of sp³-hybridized carbons (Fsp3) is 0.444. The largest absolute Gasteiger partial charge is 0.359 e. The summed E-state index contributed by atoms with van der Waals surface area (Å²) in [6.45, 7) is 10.4. The van der Waals surface area contributed by atoms with Gasteiger partial charge in [-0.2, -0.15) is 0 Å². The molecule has 0 amide bonds. The molecular weight excluding hydrogens is 415 g/mol. The molecule has 0 atom stereocenters. The number of rotatable bonds is 6. The Hall–Kier alpha value is -1.57. The monoisotopic (exact) mass is 442 g/mol. The van der Waals surface area contributed by atoms with Crippen molar-refractivity contribution < 1.29 is 4.52 Å². The normalized spacial score (nSPS) is 11.3. The van der Waals surface area contributed by atoms with E-state index in [-0.39, 0.29) is 24.0 Å². The maximum atomic E-state index is 5.34. The van der Waals surface area contributed by atoms with E-state index >= 15 is 0 Å². The van der Waals surface area contributed by atoms with E-state index < -0.39 is 0 Å². The van der Waals surface area contributed by atoms with Crippen LogP contribution in [-0.2, 0) is 13.1 Å². The predicted molar refractivity (Wildman–Crippen MR) is 109 cm³/mol. The molecule has 0 aliphatic rings. The Bertz CT molecular complexity index is 652. The van der Waals surface area contributed by atoms with Crippen LogP contribution < -0.4 is 10.6 Å². The molecule has 1 aromatic heterocycles. The highest BCUT2D eigenvalue weighted by atomic mass is 127. The molecule has 0 unspecified atom stereocenters. The van der Waals surface area contributed by atoms with Gasteiger partial charge in [-0.1, -0.05) is 48.8 Å². The van der Waals surface area contributed by atoms with Gasteiger partial charge in [0.05, 0.1) is 18.8 Å². The van der Waals surface area contributed by atoms with Crippen molar-refractivity contribution in [3.8, 4) is 0 Å². The molecule has 0 aliphatic heterocycles. The molecule has 0 aliphatic carbocycles. The first kappa shape index (κ1) is 20.5. The summed E-state index contributed by atoms with van der Waals surface area (Å²) in [6, 6.07) is 10.4. The van der Waals surface area contributed by atoms with Crippen LogP contribution in [-0.4, -0.2) is 17.7 Å². The smallest absolute Gasteiger partial charge is 0.191 e. The van der Waals surface area contributed by atoms with E-state index in [4.69, 9.17) is 4.52 Å². The highest BCUT2D eigenvalue weighted by molar-refractivity contribution is 14.0. The molecule has 24 heavy (non-hydrogen) atoms. The third-order valence-corrected chi connectivity index (χ3v) is 3.45. The lowest BCUT2D eigenvalue weighted by atomic mass is 10.1. The summed E-state index contributed by atoms with van der Waals surface area (Å²) in [5.74, 6) is 1.96. The van der Waals surface area contributed by atoms with Crippen LogP contribution in [0.1, 0.15) is 49.3 Å². The molecule has 5 nitrogen and oxygen atoms in total. The van der Waals surface area contributed by atoms with E-state index in [2.05, 4.69) is 72.7 Å². The summed E-state index contributed by atoms with van der Waals surface area (Å²) < 4.78 is 5.34. The molecule has 0 spiro atoms. The molecule has 1 aromatic carbocycles. The zero-order valence-electron chi connectivity index (χ0n) is 14.8. The lowest BCUT2D eigenvalue weighted by molar-refractivity contribution is 0.372. The van der Waals surface area contributed by atoms with Crippen molar-refractivity contribution in [2.24, 2.45) is 4.99 Å². The Morgan fingerprint density at radius 2 is 2.04 bits per heavy atom. The number of halogens is 1. The number of hydrogen-bond donors (Lipinski definition) is 2. The Morgan fingerprint density at radius 3 is 2.67 bits per heavy atom. The maximum Gasteiger partial charge on any atom is 0.191 e. The van der Waals surface area contributed by atoms with Crippen LogP contribution >= 0.6 is 24.0 Å². The van der Waals surface area contributed by atoms with Crippen LogP contribution in [0.2, 0.25) is 0 Å². The predicted octanol–water partition coefficient (Wildman–Crippen LogP) is 3.98. The Morgan fingerprint density at radius 1 is 1.25 bits per heavy atom. The number of guanidine groups is 1. The molecule has 0 radical (unpaired) electrons. The second kappa shape index (κ2) is 10.3. The van der Waals surface area contributed by atoms with Crippen molar-refractivity contribution >= 4 is 29.9 Å². The van der Waals surface area contributed by atoms with Crippen molar-refractivity contribution in [3.63, 3.8) is 0 Å². The summed E-state index contributed by atoms with van der Waals surface area (Å²) in [4.78, 5) is 4.61. The van der Waals surface area contributed by atoms with Gasteiger partial charge in [0.15, 0.2) is 11.7 Å². The molecule has 2 rings (SSSR count). The quantitative estimate of drug-likeness (QED) is 0.404. The zero-order chi connectivity index (χ0) is 16.7. The van der Waals surface area contributed by atoms with Crippen molar-refractivity contribution in [2.45, 2.75) is 46.7 Å². The van der Waals surface area contributed by atoms with E-state index in [0.29, 0.717) is 19.0 Å². The second-order valence-corrected chi connectivity index (χ2v) is 5.91. The molecule has 2 N–H and O–H groups in total. The maximum absolute atomic E-state index is 5.34. The minimum absolute atomic E-state index is 0. The number of aliphatic imine (C=N–C) groups is 1. The molecule has 2 aromatic rings. The van der Waals surface area contributed by atoms with Gasteiger partial charge in [-0.15, -0.1) is 24.0 Å². The molecule has 132 valence electrons. The van der Waals surface area contributed by atoms with Crippen LogP contribution in [0.3, 0.4) is 0 Å². The number of nitrogens with zero attached hydrogens (tertiary/aromatic N) is 2. The second-order valence-electron chi connectivity index (χ2n) is 5.91. The number of hydrogen-bond acceptors (Lipinski definition) is 3. The molecule has 0 fully saturated rings. The number of nitrogens with one attached hydrogen (secondary N) is 2. The Balaban J connectivity index is 0.00000288. The van der Waals surface area contributed by atoms with Gasteiger partial charge >= 0.3 is 0 Å². The molecule has 0 bridgehead atoms. The van der Waals surface area contributed by atoms with Crippen molar-refractivity contribution in [1.29, 1.82) is 0 Å². The van der Waals surface area contributed by atoms with Gasteiger partial charge in [0.25, 0.3) is 0 Å². The summed E-state index contributed by atoms with van der Waals surface area (Å²) >= 11 is 0. The fourth-order valence-electron chi connectivity index (χ4n) is 2.18. The third-order valence-electron chi connectivity index (χ3n) is 3.45. The van der Waals surface area contributed by atoms with Gasteiger partial charge in [-0.25, -0.2) is 4.99 Å². The lowest BCUT2D eigenvalue weighted by Crippen LogP contribution is -2.36. The summed E-state index contributed by atoms with van der Waals surface area (Å²) in [5, 5.41) is 10.6. The van der Waals surface area contributed by atoms with Crippen LogP contribution in [0.15, 0.2) is 39.8 Å². The van der Waals surface area contributed by atoms with Crippen LogP contribution in [0.4, 0.5) is 0 Å². The zero-order valence-corrected chi connectivity index (χ0v) is 17.1. The lowest BCUT2D eigenvalue weighted by Gasteiger charge is -2.10. The Kier molecular flexibility index (Phi) is 8.81. The van der Waals surface area contributed by atoms with Crippen molar-refractivity contribution in [1.82, 2.24) is 15.8 Å². The van der Waals surface area contributed by atoms with Crippen LogP contribution in [0.5, 0.6) is 0 Å². The van der Waals surface area contributed by atoms with E-state index in [1.165, 1.54) is 11.1 Å². The first-order valence-electron chi connectivity index (χ1n) is 8.11. The van der Waals surface area contributed by atoms with E-state index in [9.17, 15) is 0 Å². The minimum atomic E-state index is 0. The molecule has 6 heteroatoms. The van der Waals surface area contributed by atoms with Crippen molar-refractivity contribution in [2.75, 3.05) is 6.54 Å². The molecular formula is C18H27IN4O. The Labute approximate surface area is 161 Å². The van der Waals surface area contributed by atoms with E-state index in [1.807, 2.05) is 6.07 Å². The van der Waals surface area contributed by atoms with Gasteiger partial charge in [0.1, 0.15) is 0 Å². The van der Waals surface area contributed by atoms with Crippen LogP contribution in [0.25, 0.3) is 0 Å². The number of aromatic nitrogens is 1. The van der Waals surface area contributed by atoms with Gasteiger partial charge in [0.2, 0.25) is 0 Å². The highest BCUT2D eigenvalue weighted by Gasteiger charge is 2.08. The standard InChI is InChI=1S/C18H26N4O.HI/c1-5-19-18(20-11-15-8-6-7-14(4)9-15)21-12-16-10-17(13(2)3)22-23-16;/h6-10,13H,5,11-12H2,1-4H3,(H2,19,20,21);1H. The number of aryl methyl sites for hydroxylation is 1. The van der Waals surface area contributed by atoms with Gasteiger partial charge in [0, 0.05) is 12.6 Å². The summed E-state index contributed by atoms with van der Waals surface area (Å²) in [6.07, 6.45) is 0. The summed E-state index contributed by atoms with van der Waals surface area (Å²) in [7, 11) is 0. The SMILES string of the molecule is CCNC(=NCc1cccc(C)c1)NCc1cc(C(C)C)no1.I. The highest BCUT2D eigenvalue weighted by Crippen LogP contribution is 2.13. The minimum Gasteiger partial charge on any atom is -0.359 e. The molecule has 0 saturated carbocycles. The topological polar surface area (TPSA) is 62.5 Å². The fourth-order valence-corrected chi connectivity index (χ4v) is 2.18. The average Bonchev–Trinajstić information content (AvgIpc) is 2.99. The van der Waals surface area contributed by atoms with E-state index in [1.54, 1.807) is 0 Å². The summed E-state index contributed by atoms with van der Waals surface area (Å²) in [5.41, 5.74) is 3.42. The third kappa shape index (κ3) is 6.51. The molecule has 0 saturated heterocycles. The first-order valence-corrected chi connectivity index (χ1v) is 8.11.